The molecule has 0 atom stereocenters. The average Bonchev–Trinajstić information content (AvgIpc) is 2.92. The topological polar surface area (TPSA) is 80.8 Å². The van der Waals surface area contributed by atoms with Gasteiger partial charge in [-0.1, -0.05) is 0 Å². The number of rotatable bonds is 2. The number of esters is 1. The van der Waals surface area contributed by atoms with Gasteiger partial charge in [-0.05, 0) is 19.1 Å². The van der Waals surface area contributed by atoms with Crippen molar-refractivity contribution in [2.45, 2.75) is 19.3 Å². The Hall–Kier alpha value is -3.10. The zero-order chi connectivity index (χ0) is 19.9. The zero-order valence-corrected chi connectivity index (χ0v) is 13.0. The molecule has 0 unspecified atom stereocenters. The van der Waals surface area contributed by atoms with Crippen LogP contribution in [0.25, 0.3) is 5.82 Å². The van der Waals surface area contributed by atoms with Gasteiger partial charge >= 0.3 is 18.3 Å². The number of aryl methyl sites for hydroxylation is 1. The van der Waals surface area contributed by atoms with Gasteiger partial charge in [0.25, 0.3) is 0 Å². The molecule has 0 spiro atoms. The summed E-state index contributed by atoms with van der Waals surface area (Å²) in [4.78, 5) is 14.6. The number of nitrogens with zero attached hydrogens (tertiary/aromatic N) is 4. The first-order valence-electron chi connectivity index (χ1n) is 6.65. The number of ether oxygens (including phenoxy) is 1. The quantitative estimate of drug-likeness (QED) is 0.592. The molecule has 0 radical (unpaired) electrons. The van der Waals surface area contributed by atoms with Gasteiger partial charge < -0.3 is 4.74 Å². The number of methoxy groups -OCH3 is 1. The lowest BCUT2D eigenvalue weighted by Gasteiger charge is -2.16. The fourth-order valence-corrected chi connectivity index (χ4v) is 2.06. The molecule has 0 aliphatic carbocycles. The molecule has 2 aromatic rings. The lowest BCUT2D eigenvalue weighted by molar-refractivity contribution is -0.145. The highest BCUT2D eigenvalue weighted by Crippen LogP contribution is 2.38. The van der Waals surface area contributed by atoms with Crippen LogP contribution in [0.4, 0.5) is 26.3 Å². The Bertz CT molecular complexity index is 908. The Labute approximate surface area is 141 Å². The maximum absolute atomic E-state index is 13.1. The second-order valence-corrected chi connectivity index (χ2v) is 4.94. The number of aromatic nitrogens is 3. The number of halogens is 6. The molecule has 0 bridgehead atoms. The third kappa shape index (κ3) is 3.46. The number of pyridine rings is 1. The van der Waals surface area contributed by atoms with E-state index in [1.807, 2.05) is 0 Å². The van der Waals surface area contributed by atoms with Gasteiger partial charge in [0.15, 0.2) is 11.5 Å². The summed E-state index contributed by atoms with van der Waals surface area (Å²) in [7, 11) is 1.02. The van der Waals surface area contributed by atoms with Crippen molar-refractivity contribution in [3.05, 3.63) is 40.3 Å². The van der Waals surface area contributed by atoms with Crippen molar-refractivity contribution >= 4 is 5.97 Å². The predicted molar refractivity (Wildman–Crippen MR) is 72.2 cm³/mol. The van der Waals surface area contributed by atoms with E-state index in [-0.39, 0.29) is 17.5 Å². The second kappa shape index (κ2) is 6.32. The average molecular weight is 378 g/mol. The highest BCUT2D eigenvalue weighted by Gasteiger charge is 2.41. The van der Waals surface area contributed by atoms with Crippen LogP contribution < -0.4 is 0 Å². The summed E-state index contributed by atoms with van der Waals surface area (Å²) >= 11 is 0. The maximum Gasteiger partial charge on any atom is 0.433 e. The van der Waals surface area contributed by atoms with Crippen molar-refractivity contribution in [3.63, 3.8) is 0 Å². The summed E-state index contributed by atoms with van der Waals surface area (Å²) < 4.78 is 83.2. The summed E-state index contributed by atoms with van der Waals surface area (Å²) in [6, 6.07) is 2.02. The second-order valence-electron chi connectivity index (χ2n) is 4.94. The number of hydrogen-bond donors (Lipinski definition) is 0. The summed E-state index contributed by atoms with van der Waals surface area (Å²) in [5.41, 5.74) is -5.23. The molecular weight excluding hydrogens is 370 g/mol. The van der Waals surface area contributed by atoms with Crippen LogP contribution in [0.15, 0.2) is 12.1 Å². The van der Waals surface area contributed by atoms with E-state index in [1.54, 1.807) is 0 Å². The molecule has 0 fully saturated rings. The Morgan fingerprint density at radius 3 is 2.27 bits per heavy atom. The lowest BCUT2D eigenvalue weighted by Crippen LogP contribution is -2.19. The molecule has 0 amide bonds. The maximum atomic E-state index is 13.1. The van der Waals surface area contributed by atoms with E-state index in [0.29, 0.717) is 4.68 Å². The Morgan fingerprint density at radius 1 is 1.19 bits per heavy atom. The van der Waals surface area contributed by atoms with Crippen LogP contribution in [0.5, 0.6) is 0 Å². The molecule has 6 nitrogen and oxygen atoms in total. The van der Waals surface area contributed by atoms with E-state index in [4.69, 9.17) is 5.26 Å². The van der Waals surface area contributed by atoms with Crippen molar-refractivity contribution in [2.75, 3.05) is 7.11 Å². The van der Waals surface area contributed by atoms with Crippen molar-refractivity contribution in [1.29, 1.82) is 5.26 Å². The normalized spacial score (nSPS) is 12.0. The third-order valence-corrected chi connectivity index (χ3v) is 3.19. The SMILES string of the molecule is COC(=O)c1cc(C)n(-c2nc(C(F)(F)F)cc(C(F)(F)F)c2C#N)n1. The van der Waals surface area contributed by atoms with E-state index in [1.165, 1.54) is 13.0 Å². The highest BCUT2D eigenvalue weighted by atomic mass is 19.4. The van der Waals surface area contributed by atoms with Crippen molar-refractivity contribution < 1.29 is 35.9 Å². The van der Waals surface area contributed by atoms with Crippen LogP contribution in [0.1, 0.15) is 33.0 Å². The van der Waals surface area contributed by atoms with Crippen LogP contribution in [-0.2, 0) is 17.1 Å². The minimum atomic E-state index is -5.24. The summed E-state index contributed by atoms with van der Waals surface area (Å²) in [5.74, 6) is -1.96. The number of nitriles is 1. The number of alkyl halides is 6. The Morgan fingerprint density at radius 2 is 1.81 bits per heavy atom. The number of hydrogen-bond acceptors (Lipinski definition) is 5. The van der Waals surface area contributed by atoms with E-state index in [0.717, 1.165) is 13.2 Å². The summed E-state index contributed by atoms with van der Waals surface area (Å²) in [6.07, 6.45) is -10.4. The minimum Gasteiger partial charge on any atom is -0.464 e. The van der Waals surface area contributed by atoms with Crippen LogP contribution in [-0.4, -0.2) is 27.8 Å². The fraction of sp³-hybridized carbons (Fsp3) is 0.286. The van der Waals surface area contributed by atoms with Gasteiger partial charge in [0.2, 0.25) is 0 Å². The molecule has 0 aromatic carbocycles. The molecule has 2 rings (SSSR count). The monoisotopic (exact) mass is 378 g/mol. The Balaban J connectivity index is 2.86. The fourth-order valence-electron chi connectivity index (χ4n) is 2.06. The summed E-state index contributed by atoms with van der Waals surface area (Å²) in [5, 5.41) is 12.7. The molecule has 2 heterocycles. The van der Waals surface area contributed by atoms with Gasteiger partial charge in [0, 0.05) is 5.69 Å². The first kappa shape index (κ1) is 19.2. The number of carbonyl (C=O) groups is 1. The van der Waals surface area contributed by atoms with Crippen molar-refractivity contribution in [3.8, 4) is 11.9 Å². The molecule has 0 aliphatic rings. The molecule has 138 valence electrons. The molecule has 0 saturated carbocycles. The lowest BCUT2D eigenvalue weighted by atomic mass is 10.1. The number of carbonyl (C=O) groups excluding carboxylic acids is 1. The molecule has 26 heavy (non-hydrogen) atoms. The standard InChI is InChI=1S/C14H8F6N4O2/c1-6-3-9(12(25)26-2)23-24(6)11-7(5-21)8(13(15,16)17)4-10(22-11)14(18,19)20/h3-4H,1-2H3. The van der Waals surface area contributed by atoms with Crippen LogP contribution >= 0.6 is 0 Å². The van der Waals surface area contributed by atoms with Gasteiger partial charge in [-0.25, -0.2) is 14.5 Å². The van der Waals surface area contributed by atoms with Crippen LogP contribution in [0, 0.1) is 18.3 Å². The first-order valence-corrected chi connectivity index (χ1v) is 6.65. The molecular formula is C14H8F6N4O2. The zero-order valence-electron chi connectivity index (χ0n) is 13.0. The summed E-state index contributed by atoms with van der Waals surface area (Å²) in [6.45, 7) is 1.26. The van der Waals surface area contributed by atoms with Gasteiger partial charge in [-0.2, -0.15) is 36.7 Å². The molecule has 0 aliphatic heterocycles. The highest BCUT2D eigenvalue weighted by molar-refractivity contribution is 5.87. The van der Waals surface area contributed by atoms with Gasteiger partial charge in [-0.15, -0.1) is 0 Å². The minimum absolute atomic E-state index is 0.0261. The van der Waals surface area contributed by atoms with Crippen LogP contribution in [0.2, 0.25) is 0 Å². The van der Waals surface area contributed by atoms with E-state index in [2.05, 4.69) is 14.8 Å². The Kier molecular flexibility index (Phi) is 4.68. The molecule has 0 saturated heterocycles. The van der Waals surface area contributed by atoms with Gasteiger partial charge in [0.05, 0.1) is 12.7 Å². The van der Waals surface area contributed by atoms with Gasteiger partial charge in [-0.3, -0.25) is 0 Å². The van der Waals surface area contributed by atoms with Crippen molar-refractivity contribution in [2.24, 2.45) is 0 Å². The third-order valence-electron chi connectivity index (χ3n) is 3.19. The molecule has 12 heteroatoms. The van der Waals surface area contributed by atoms with Gasteiger partial charge in [0.1, 0.15) is 17.3 Å². The smallest absolute Gasteiger partial charge is 0.433 e. The largest absolute Gasteiger partial charge is 0.464 e. The molecule has 0 N–H and O–H groups in total. The molecule has 2 aromatic heterocycles. The first-order chi connectivity index (χ1) is 11.9. The predicted octanol–water partition coefficient (Wildman–Crippen LogP) is 3.27. The van der Waals surface area contributed by atoms with E-state index < -0.39 is 41.0 Å². The van der Waals surface area contributed by atoms with E-state index >= 15 is 0 Å². The van der Waals surface area contributed by atoms with Crippen molar-refractivity contribution in [1.82, 2.24) is 14.8 Å². The van der Waals surface area contributed by atoms with E-state index in [9.17, 15) is 31.1 Å². The van der Waals surface area contributed by atoms with Crippen LogP contribution in [0.3, 0.4) is 0 Å².